The molecule has 32 heavy (non-hydrogen) atoms. The lowest BCUT2D eigenvalue weighted by atomic mass is 9.91. The summed E-state index contributed by atoms with van der Waals surface area (Å²) in [5.41, 5.74) is 2.18. The van der Waals surface area contributed by atoms with E-state index in [1.165, 1.54) is 19.1 Å². The maximum absolute atomic E-state index is 13.6. The van der Waals surface area contributed by atoms with E-state index in [9.17, 15) is 9.18 Å². The lowest BCUT2D eigenvalue weighted by Crippen LogP contribution is -2.34. The molecule has 0 bridgehead atoms. The summed E-state index contributed by atoms with van der Waals surface area (Å²) in [5, 5.41) is 7.75. The number of aromatic nitrogens is 1. The molecule has 170 valence electrons. The molecule has 0 aliphatic carbocycles. The van der Waals surface area contributed by atoms with Gasteiger partial charge in [0.25, 0.3) is 0 Å². The molecule has 0 unspecified atom stereocenters. The van der Waals surface area contributed by atoms with Crippen molar-refractivity contribution >= 4 is 22.6 Å². The Morgan fingerprint density at radius 2 is 2.03 bits per heavy atom. The van der Waals surface area contributed by atoms with Crippen LogP contribution in [0, 0.1) is 5.82 Å². The zero-order valence-electron chi connectivity index (χ0n) is 18.4. The third-order valence-electron chi connectivity index (χ3n) is 5.79. The van der Waals surface area contributed by atoms with E-state index in [1.807, 2.05) is 0 Å². The van der Waals surface area contributed by atoms with E-state index in [2.05, 4.69) is 15.4 Å². The molecule has 0 atom stereocenters. The number of anilines is 1. The van der Waals surface area contributed by atoms with Gasteiger partial charge in [-0.25, -0.2) is 4.39 Å². The zero-order valence-corrected chi connectivity index (χ0v) is 18.4. The van der Waals surface area contributed by atoms with Crippen LogP contribution in [0.4, 0.5) is 10.1 Å². The number of amides is 1. The molecular formula is C24H28FN3O4. The molecule has 1 aromatic heterocycles. The minimum Gasteiger partial charge on any atom is -0.493 e. The highest BCUT2D eigenvalue weighted by Gasteiger charge is 2.25. The van der Waals surface area contributed by atoms with E-state index in [0.717, 1.165) is 50.0 Å². The number of piperidine rings is 1. The van der Waals surface area contributed by atoms with E-state index < -0.39 is 0 Å². The monoisotopic (exact) mass is 441 g/mol. The second kappa shape index (κ2) is 9.99. The Labute approximate surface area is 186 Å². The van der Waals surface area contributed by atoms with Crippen molar-refractivity contribution in [3.8, 4) is 11.5 Å². The Hall–Kier alpha value is -3.13. The number of hydrogen-bond acceptors (Lipinski definition) is 6. The topological polar surface area (TPSA) is 76.8 Å². The first-order valence-corrected chi connectivity index (χ1v) is 10.9. The van der Waals surface area contributed by atoms with Crippen molar-refractivity contribution in [3.05, 3.63) is 47.9 Å². The third kappa shape index (κ3) is 5.19. The molecule has 1 fully saturated rings. The lowest BCUT2D eigenvalue weighted by molar-refractivity contribution is -0.114. The van der Waals surface area contributed by atoms with Crippen molar-refractivity contribution in [1.82, 2.24) is 10.1 Å². The molecular weight excluding hydrogens is 413 g/mol. The molecule has 2 aromatic carbocycles. The number of nitrogens with one attached hydrogen (secondary N) is 1. The van der Waals surface area contributed by atoms with Gasteiger partial charge in [0, 0.05) is 36.5 Å². The van der Waals surface area contributed by atoms with E-state index in [-0.39, 0.29) is 17.6 Å². The highest BCUT2D eigenvalue weighted by atomic mass is 19.1. The molecule has 1 aliphatic heterocycles. The second-order valence-electron chi connectivity index (χ2n) is 8.07. The minimum absolute atomic E-state index is 0.131. The van der Waals surface area contributed by atoms with E-state index in [0.29, 0.717) is 29.4 Å². The first-order valence-electron chi connectivity index (χ1n) is 10.9. The van der Waals surface area contributed by atoms with Crippen LogP contribution in [0.1, 0.15) is 37.8 Å². The van der Waals surface area contributed by atoms with Crippen molar-refractivity contribution in [3.63, 3.8) is 0 Å². The molecule has 1 saturated heterocycles. The van der Waals surface area contributed by atoms with E-state index in [4.69, 9.17) is 14.0 Å². The smallest absolute Gasteiger partial charge is 0.221 e. The summed E-state index contributed by atoms with van der Waals surface area (Å²) in [4.78, 5) is 13.7. The number of carbonyl (C=O) groups is 1. The summed E-state index contributed by atoms with van der Waals surface area (Å²) >= 11 is 0. The van der Waals surface area contributed by atoms with Gasteiger partial charge in [0.05, 0.1) is 19.4 Å². The summed E-state index contributed by atoms with van der Waals surface area (Å²) in [6, 6.07) is 9.89. The Balaban J connectivity index is 1.25. The van der Waals surface area contributed by atoms with E-state index in [1.54, 1.807) is 31.4 Å². The summed E-state index contributed by atoms with van der Waals surface area (Å²) in [6.07, 6.45) is 2.80. The highest BCUT2D eigenvalue weighted by molar-refractivity contribution is 5.89. The van der Waals surface area contributed by atoms with Gasteiger partial charge in [-0.1, -0.05) is 5.16 Å². The standard InChI is InChI=1S/C24H28FN3O4/c1-16(29)26-19-5-7-22(30-2)23(15-19)31-13-3-10-28-11-8-17(9-12-28)24-20-14-18(25)4-6-21(20)32-27-24/h4-7,14-15,17H,3,8-13H2,1-2H3,(H,26,29). The first-order chi connectivity index (χ1) is 15.5. The average Bonchev–Trinajstić information content (AvgIpc) is 3.20. The molecule has 1 amide bonds. The molecule has 3 aromatic rings. The highest BCUT2D eigenvalue weighted by Crippen LogP contribution is 2.33. The van der Waals surface area contributed by atoms with Crippen LogP contribution in [0.15, 0.2) is 40.9 Å². The van der Waals surface area contributed by atoms with Gasteiger partial charge in [0.2, 0.25) is 5.91 Å². The fraction of sp³-hybridized carbons (Fsp3) is 0.417. The van der Waals surface area contributed by atoms with Crippen molar-refractivity contribution in [2.24, 2.45) is 0 Å². The van der Waals surface area contributed by atoms with Gasteiger partial charge in [0.15, 0.2) is 17.1 Å². The van der Waals surface area contributed by atoms with Crippen molar-refractivity contribution < 1.29 is 23.2 Å². The number of halogens is 1. The van der Waals surface area contributed by atoms with Gasteiger partial charge in [-0.15, -0.1) is 0 Å². The Kier molecular flexibility index (Phi) is 6.90. The number of methoxy groups -OCH3 is 1. The van der Waals surface area contributed by atoms with Gasteiger partial charge in [-0.3, -0.25) is 4.79 Å². The number of rotatable bonds is 8. The van der Waals surface area contributed by atoms with Crippen LogP contribution in [-0.4, -0.2) is 49.3 Å². The largest absolute Gasteiger partial charge is 0.493 e. The molecule has 1 N–H and O–H groups in total. The first kappa shape index (κ1) is 22.1. The summed E-state index contributed by atoms with van der Waals surface area (Å²) in [6.45, 7) is 4.85. The summed E-state index contributed by atoms with van der Waals surface area (Å²) in [7, 11) is 1.59. The second-order valence-corrected chi connectivity index (χ2v) is 8.07. The third-order valence-corrected chi connectivity index (χ3v) is 5.79. The predicted octanol–water partition coefficient (Wildman–Crippen LogP) is 4.58. The number of likely N-dealkylation sites (tertiary alicyclic amines) is 1. The maximum Gasteiger partial charge on any atom is 0.221 e. The van der Waals surface area contributed by atoms with Crippen molar-refractivity contribution in [1.29, 1.82) is 0 Å². The number of carbonyl (C=O) groups excluding carboxylic acids is 1. The molecule has 4 rings (SSSR count). The van der Waals surface area contributed by atoms with Crippen LogP contribution in [0.25, 0.3) is 11.0 Å². The summed E-state index contributed by atoms with van der Waals surface area (Å²) in [5.74, 6) is 1.14. The minimum atomic E-state index is -0.265. The molecule has 0 radical (unpaired) electrons. The van der Waals surface area contributed by atoms with Crippen LogP contribution in [0.2, 0.25) is 0 Å². The Bertz CT molecular complexity index is 1080. The zero-order chi connectivity index (χ0) is 22.5. The molecule has 8 heteroatoms. The normalized spacial score (nSPS) is 15.1. The van der Waals surface area contributed by atoms with Gasteiger partial charge >= 0.3 is 0 Å². The fourth-order valence-electron chi connectivity index (χ4n) is 4.19. The molecule has 0 spiro atoms. The number of hydrogen-bond donors (Lipinski definition) is 1. The molecule has 7 nitrogen and oxygen atoms in total. The number of nitrogens with zero attached hydrogens (tertiary/aromatic N) is 2. The Morgan fingerprint density at radius 1 is 1.22 bits per heavy atom. The van der Waals surface area contributed by atoms with Gasteiger partial charge < -0.3 is 24.2 Å². The number of fused-ring (bicyclic) bond motifs is 1. The maximum atomic E-state index is 13.6. The van der Waals surface area contributed by atoms with Gasteiger partial charge in [-0.2, -0.15) is 0 Å². The number of benzene rings is 2. The van der Waals surface area contributed by atoms with Crippen LogP contribution in [-0.2, 0) is 4.79 Å². The summed E-state index contributed by atoms with van der Waals surface area (Å²) < 4.78 is 30.3. The molecule has 2 heterocycles. The Morgan fingerprint density at radius 3 is 2.78 bits per heavy atom. The van der Waals surface area contributed by atoms with Crippen LogP contribution in [0.5, 0.6) is 11.5 Å². The van der Waals surface area contributed by atoms with Gasteiger partial charge in [-0.05, 0) is 62.7 Å². The molecule has 0 saturated carbocycles. The lowest BCUT2D eigenvalue weighted by Gasteiger charge is -2.31. The van der Waals surface area contributed by atoms with Crippen molar-refractivity contribution in [2.45, 2.75) is 32.1 Å². The van der Waals surface area contributed by atoms with Crippen LogP contribution < -0.4 is 14.8 Å². The SMILES string of the molecule is COc1ccc(NC(C)=O)cc1OCCCN1CCC(c2noc3ccc(F)cc23)CC1. The molecule has 1 aliphatic rings. The van der Waals surface area contributed by atoms with Crippen LogP contribution >= 0.6 is 0 Å². The average molecular weight is 442 g/mol. The quantitative estimate of drug-likeness (QED) is 0.516. The fourth-order valence-corrected chi connectivity index (χ4v) is 4.19. The van der Waals surface area contributed by atoms with Crippen molar-refractivity contribution in [2.75, 3.05) is 38.7 Å². The predicted molar refractivity (Wildman–Crippen MR) is 120 cm³/mol. The number of ether oxygens (including phenoxy) is 2. The van der Waals surface area contributed by atoms with E-state index >= 15 is 0 Å². The van der Waals surface area contributed by atoms with Gasteiger partial charge in [0.1, 0.15) is 5.82 Å². The van der Waals surface area contributed by atoms with Crippen LogP contribution in [0.3, 0.4) is 0 Å².